The van der Waals surface area contributed by atoms with Crippen molar-refractivity contribution in [2.45, 2.75) is 78.8 Å². The van der Waals surface area contributed by atoms with Crippen molar-refractivity contribution in [3.8, 4) is 0 Å². The first-order valence-corrected chi connectivity index (χ1v) is 10.5. The lowest BCUT2D eigenvalue weighted by atomic mass is 9.88. The Morgan fingerprint density at radius 1 is 1.10 bits per heavy atom. The Morgan fingerprint density at radius 2 is 1.70 bits per heavy atom. The molecule has 170 valence electrons. The van der Waals surface area contributed by atoms with Crippen molar-refractivity contribution in [2.75, 3.05) is 6.61 Å². The number of nitrogens with two attached hydrogens (primary N) is 1. The monoisotopic (exact) mass is 424 g/mol. The van der Waals surface area contributed by atoms with Crippen LogP contribution in [0.1, 0.15) is 66.7 Å². The van der Waals surface area contributed by atoms with E-state index in [0.717, 1.165) is 6.21 Å². The summed E-state index contributed by atoms with van der Waals surface area (Å²) in [6.07, 6.45) is 1.60. The Balaban J connectivity index is 5.29. The minimum Gasteiger partial charge on any atom is -0.464 e. The molecule has 3 atom stereocenters. The second-order valence-corrected chi connectivity index (χ2v) is 8.30. The van der Waals surface area contributed by atoms with E-state index >= 15 is 0 Å². The minimum absolute atomic E-state index is 0.00929. The van der Waals surface area contributed by atoms with Crippen LogP contribution in [0.3, 0.4) is 0 Å². The summed E-state index contributed by atoms with van der Waals surface area (Å²) in [7, 11) is 0. The number of hydrogen-bond acceptors (Lipinski definition) is 6. The first-order chi connectivity index (χ1) is 14.0. The molecule has 0 aromatic heterocycles. The molecular formula is C21H36N4O5. The third kappa shape index (κ3) is 11.6. The molecular weight excluding hydrogens is 388 g/mol. The number of esters is 1. The van der Waals surface area contributed by atoms with Crippen LogP contribution in [0.15, 0.2) is 0 Å². The van der Waals surface area contributed by atoms with E-state index in [-0.39, 0.29) is 43.5 Å². The number of carbonyl (C=O) groups excluding carboxylic acids is 4. The molecule has 0 saturated carbocycles. The zero-order valence-corrected chi connectivity index (χ0v) is 18.7. The summed E-state index contributed by atoms with van der Waals surface area (Å²) in [5.74, 6) is -2.02. The fraction of sp³-hybridized carbons (Fsp3) is 0.762. The Kier molecular flexibility index (Phi) is 13.4. The quantitative estimate of drug-likeness (QED) is 0.176. The van der Waals surface area contributed by atoms with Crippen LogP contribution in [0.25, 0.3) is 5.53 Å². The first-order valence-electron chi connectivity index (χ1n) is 10.5. The molecule has 0 spiro atoms. The molecule has 0 fully saturated rings. The van der Waals surface area contributed by atoms with Gasteiger partial charge in [-0.05, 0) is 38.0 Å². The van der Waals surface area contributed by atoms with Crippen molar-refractivity contribution in [3.05, 3.63) is 5.53 Å². The number of nitrogens with one attached hydrogen (secondary N) is 1. The number of Topliss-reactive ketones (excluding diaryl/α,β-unsaturated/α-hetero) is 2. The molecule has 0 aromatic rings. The van der Waals surface area contributed by atoms with Crippen LogP contribution < -0.4 is 11.1 Å². The highest BCUT2D eigenvalue weighted by Crippen LogP contribution is 2.19. The molecule has 0 aliphatic carbocycles. The normalized spacial score (nSPS) is 13.9. The number of hydrogen-bond donors (Lipinski definition) is 2. The van der Waals surface area contributed by atoms with Gasteiger partial charge in [0, 0.05) is 18.8 Å². The smallest absolute Gasteiger partial charge is 0.328 e. The fourth-order valence-corrected chi connectivity index (χ4v) is 3.08. The van der Waals surface area contributed by atoms with Crippen LogP contribution in [-0.2, 0) is 23.9 Å². The predicted molar refractivity (Wildman–Crippen MR) is 112 cm³/mol. The molecule has 1 amide bonds. The summed E-state index contributed by atoms with van der Waals surface area (Å²) in [4.78, 5) is 51.8. The van der Waals surface area contributed by atoms with Crippen molar-refractivity contribution in [1.82, 2.24) is 5.32 Å². The van der Waals surface area contributed by atoms with E-state index in [1.807, 2.05) is 27.7 Å². The van der Waals surface area contributed by atoms with Gasteiger partial charge in [-0.3, -0.25) is 14.4 Å². The molecule has 0 unspecified atom stereocenters. The van der Waals surface area contributed by atoms with Gasteiger partial charge in [0.1, 0.15) is 11.8 Å². The maximum Gasteiger partial charge on any atom is 0.328 e. The van der Waals surface area contributed by atoms with Crippen molar-refractivity contribution in [2.24, 2.45) is 23.5 Å². The average molecular weight is 425 g/mol. The third-order valence-corrected chi connectivity index (χ3v) is 4.48. The fourth-order valence-electron chi connectivity index (χ4n) is 3.08. The number of rotatable bonds is 15. The molecule has 0 aromatic carbocycles. The van der Waals surface area contributed by atoms with Crippen molar-refractivity contribution in [1.29, 1.82) is 0 Å². The molecule has 0 saturated heterocycles. The zero-order valence-electron chi connectivity index (χ0n) is 18.7. The highest BCUT2D eigenvalue weighted by molar-refractivity contribution is 6.25. The van der Waals surface area contributed by atoms with Gasteiger partial charge in [-0.1, -0.05) is 27.7 Å². The minimum atomic E-state index is -1.04. The SMILES string of the molecule is CCOC(=O)[C@H](CCC(=O)C=[N+]=[N-])NC(=O)[C@@H](CC(=O)[C@@H](N)CC(C)C)CC(C)C. The number of ether oxygens (including phenoxy) is 1. The van der Waals surface area contributed by atoms with Gasteiger partial charge in [0.15, 0.2) is 0 Å². The van der Waals surface area contributed by atoms with Crippen LogP contribution in [0, 0.1) is 17.8 Å². The maximum atomic E-state index is 12.9. The number of carbonyl (C=O) groups is 4. The van der Waals surface area contributed by atoms with Gasteiger partial charge >= 0.3 is 12.2 Å². The largest absolute Gasteiger partial charge is 0.464 e. The Bertz CT molecular complexity index is 641. The van der Waals surface area contributed by atoms with Crippen molar-refractivity contribution < 1.29 is 28.7 Å². The van der Waals surface area contributed by atoms with E-state index in [2.05, 4.69) is 10.1 Å². The topological polar surface area (TPSA) is 152 Å². The Morgan fingerprint density at radius 3 is 2.20 bits per heavy atom. The standard InChI is InChI=1S/C21H36N4O5/c1-6-30-21(29)18(8-7-16(26)12-24-23)25-20(28)15(9-13(2)3)11-19(27)17(22)10-14(4)5/h12-15,17-18H,6-11,22H2,1-5H3,(H,25,28)/t15-,17+,18+/m1/s1. The summed E-state index contributed by atoms with van der Waals surface area (Å²) in [6, 6.07) is -1.67. The highest BCUT2D eigenvalue weighted by Gasteiger charge is 2.30. The van der Waals surface area contributed by atoms with Crippen LogP contribution in [0.5, 0.6) is 0 Å². The average Bonchev–Trinajstić information content (AvgIpc) is 2.63. The maximum absolute atomic E-state index is 12.9. The molecule has 0 radical (unpaired) electrons. The highest BCUT2D eigenvalue weighted by atomic mass is 16.5. The molecule has 30 heavy (non-hydrogen) atoms. The molecule has 9 nitrogen and oxygen atoms in total. The van der Waals surface area contributed by atoms with Gasteiger partial charge in [-0.15, -0.1) is 0 Å². The van der Waals surface area contributed by atoms with Crippen LogP contribution in [-0.4, -0.2) is 53.1 Å². The van der Waals surface area contributed by atoms with Gasteiger partial charge in [0.25, 0.3) is 0 Å². The summed E-state index contributed by atoms with van der Waals surface area (Å²) in [5.41, 5.74) is 14.4. The van der Waals surface area contributed by atoms with E-state index in [4.69, 9.17) is 16.0 Å². The molecule has 0 aliphatic heterocycles. The summed E-state index contributed by atoms with van der Waals surface area (Å²) < 4.78 is 4.99. The number of nitrogens with zero attached hydrogens (tertiary/aromatic N) is 2. The first kappa shape index (κ1) is 27.6. The van der Waals surface area contributed by atoms with Gasteiger partial charge in [-0.25, -0.2) is 4.79 Å². The van der Waals surface area contributed by atoms with E-state index < -0.39 is 35.7 Å². The van der Waals surface area contributed by atoms with E-state index in [0.29, 0.717) is 12.8 Å². The predicted octanol–water partition coefficient (Wildman–Crippen LogP) is 1.68. The lowest BCUT2D eigenvalue weighted by Crippen LogP contribution is -2.46. The van der Waals surface area contributed by atoms with Crippen LogP contribution in [0.4, 0.5) is 0 Å². The molecule has 0 aliphatic rings. The second-order valence-electron chi connectivity index (χ2n) is 8.30. The molecule has 0 heterocycles. The van der Waals surface area contributed by atoms with Crippen molar-refractivity contribution >= 4 is 29.7 Å². The van der Waals surface area contributed by atoms with E-state index in [9.17, 15) is 19.2 Å². The zero-order chi connectivity index (χ0) is 23.3. The van der Waals surface area contributed by atoms with Gasteiger partial charge < -0.3 is 21.3 Å². The summed E-state index contributed by atoms with van der Waals surface area (Å²) in [6.45, 7) is 9.57. The Labute approximate surface area is 178 Å². The lowest BCUT2D eigenvalue weighted by molar-refractivity contribution is -0.148. The van der Waals surface area contributed by atoms with Gasteiger partial charge in [0.2, 0.25) is 11.7 Å². The number of amides is 1. The van der Waals surface area contributed by atoms with E-state index in [1.54, 1.807) is 6.92 Å². The van der Waals surface area contributed by atoms with Crippen molar-refractivity contribution in [3.63, 3.8) is 0 Å². The molecule has 9 heteroatoms. The molecule has 3 N–H and O–H groups in total. The molecule has 0 rings (SSSR count). The lowest BCUT2D eigenvalue weighted by Gasteiger charge is -2.23. The van der Waals surface area contributed by atoms with Gasteiger partial charge in [-0.2, -0.15) is 4.79 Å². The van der Waals surface area contributed by atoms with Crippen LogP contribution in [0.2, 0.25) is 0 Å². The Hall–Kier alpha value is -2.38. The third-order valence-electron chi connectivity index (χ3n) is 4.48. The summed E-state index contributed by atoms with van der Waals surface area (Å²) >= 11 is 0. The van der Waals surface area contributed by atoms with Crippen LogP contribution >= 0.6 is 0 Å². The second kappa shape index (κ2) is 14.6. The van der Waals surface area contributed by atoms with Gasteiger partial charge in [0.05, 0.1) is 12.6 Å². The number of ketones is 2. The summed E-state index contributed by atoms with van der Waals surface area (Å²) in [5, 5.41) is 2.62. The molecule has 0 bridgehead atoms. The van der Waals surface area contributed by atoms with E-state index in [1.165, 1.54) is 0 Å².